The van der Waals surface area contributed by atoms with E-state index < -0.39 is 18.0 Å². The van der Waals surface area contributed by atoms with Gasteiger partial charge in [0.25, 0.3) is 0 Å². The van der Waals surface area contributed by atoms with Crippen LogP contribution in [0.15, 0.2) is 24.3 Å². The van der Waals surface area contributed by atoms with Crippen molar-refractivity contribution in [3.8, 4) is 11.5 Å². The smallest absolute Gasteiger partial charge is 0.475 e. The van der Waals surface area contributed by atoms with Crippen LogP contribution in [-0.2, 0) is 0 Å². The maximum absolute atomic E-state index is 12.7. The first-order valence-corrected chi connectivity index (χ1v) is 6.41. The number of hydrogen-bond acceptors (Lipinski definition) is 3. The summed E-state index contributed by atoms with van der Waals surface area (Å²) in [5, 5.41) is 3.12. The van der Waals surface area contributed by atoms with Crippen LogP contribution in [0.5, 0.6) is 11.5 Å². The number of nitrogens with one attached hydrogen (secondary N) is 1. The standard InChI is InChI=1S/C13H14F5NO2/c14-12(15,16)13(17,18)21-10-6-4-9(5-7-10)20-11-3-1-2-8-19-11/h4-7,11,19H,1-3,8H2. The molecule has 0 amide bonds. The minimum Gasteiger partial charge on any atom is -0.475 e. The third kappa shape index (κ3) is 4.20. The lowest BCUT2D eigenvalue weighted by Gasteiger charge is -2.24. The fourth-order valence-electron chi connectivity index (χ4n) is 1.88. The van der Waals surface area contributed by atoms with E-state index in [2.05, 4.69) is 10.1 Å². The van der Waals surface area contributed by atoms with Gasteiger partial charge < -0.3 is 9.47 Å². The summed E-state index contributed by atoms with van der Waals surface area (Å²) in [6.45, 7) is 0.823. The number of hydrogen-bond donors (Lipinski definition) is 1. The van der Waals surface area contributed by atoms with Crippen molar-refractivity contribution in [3.63, 3.8) is 0 Å². The number of halogens is 5. The molecule has 1 aliphatic heterocycles. The molecular weight excluding hydrogens is 297 g/mol. The van der Waals surface area contributed by atoms with Gasteiger partial charge >= 0.3 is 12.3 Å². The summed E-state index contributed by atoms with van der Waals surface area (Å²) in [7, 11) is 0. The molecule has 1 unspecified atom stereocenters. The Balaban J connectivity index is 1.95. The van der Waals surface area contributed by atoms with E-state index in [0.717, 1.165) is 37.9 Å². The highest BCUT2D eigenvalue weighted by molar-refractivity contribution is 5.31. The summed E-state index contributed by atoms with van der Waals surface area (Å²) in [5.74, 6) is -0.210. The molecule has 1 aromatic rings. The Morgan fingerprint density at radius 3 is 2.10 bits per heavy atom. The zero-order chi connectivity index (χ0) is 15.5. The van der Waals surface area contributed by atoms with Crippen LogP contribution in [-0.4, -0.2) is 25.1 Å². The molecule has 2 rings (SSSR count). The molecule has 3 nitrogen and oxygen atoms in total. The molecule has 0 bridgehead atoms. The first kappa shape index (κ1) is 15.8. The molecule has 0 radical (unpaired) electrons. The highest BCUT2D eigenvalue weighted by atomic mass is 19.4. The van der Waals surface area contributed by atoms with E-state index in [1.807, 2.05) is 0 Å². The van der Waals surface area contributed by atoms with E-state index in [0.29, 0.717) is 5.75 Å². The largest absolute Gasteiger partial charge is 0.499 e. The lowest BCUT2D eigenvalue weighted by molar-refractivity contribution is -0.360. The van der Waals surface area contributed by atoms with Crippen molar-refractivity contribution in [3.05, 3.63) is 24.3 Å². The highest BCUT2D eigenvalue weighted by Gasteiger charge is 2.61. The third-order valence-electron chi connectivity index (χ3n) is 2.94. The predicted octanol–water partition coefficient (Wildman–Crippen LogP) is 3.70. The van der Waals surface area contributed by atoms with Gasteiger partial charge in [-0.15, -0.1) is 0 Å². The van der Waals surface area contributed by atoms with Gasteiger partial charge in [-0.05, 0) is 50.1 Å². The summed E-state index contributed by atoms with van der Waals surface area (Å²) in [4.78, 5) is 0. The summed E-state index contributed by atoms with van der Waals surface area (Å²) < 4.78 is 70.6. The average Bonchev–Trinajstić information content (AvgIpc) is 2.41. The van der Waals surface area contributed by atoms with E-state index in [4.69, 9.17) is 4.74 Å². The lowest BCUT2D eigenvalue weighted by Crippen LogP contribution is -2.41. The molecule has 1 N–H and O–H groups in total. The van der Waals surface area contributed by atoms with Gasteiger partial charge in [0.1, 0.15) is 17.7 Å². The Kier molecular flexibility index (Phi) is 4.55. The molecule has 1 atom stereocenters. The average molecular weight is 311 g/mol. The number of rotatable bonds is 4. The summed E-state index contributed by atoms with van der Waals surface area (Å²) in [6, 6.07) is 4.60. The molecule has 118 valence electrons. The van der Waals surface area contributed by atoms with E-state index in [-0.39, 0.29) is 6.23 Å². The molecule has 1 heterocycles. The number of alkyl halides is 5. The molecule has 1 aromatic carbocycles. The van der Waals surface area contributed by atoms with Crippen molar-refractivity contribution in [2.75, 3.05) is 6.54 Å². The van der Waals surface area contributed by atoms with Gasteiger partial charge in [0.15, 0.2) is 0 Å². The molecule has 1 saturated heterocycles. The van der Waals surface area contributed by atoms with E-state index in [1.165, 1.54) is 12.1 Å². The predicted molar refractivity (Wildman–Crippen MR) is 64.3 cm³/mol. The second kappa shape index (κ2) is 6.05. The first-order chi connectivity index (χ1) is 9.78. The van der Waals surface area contributed by atoms with Crippen LogP contribution in [0.3, 0.4) is 0 Å². The minimum absolute atomic E-state index is 0.179. The third-order valence-corrected chi connectivity index (χ3v) is 2.94. The van der Waals surface area contributed by atoms with Crippen LogP contribution >= 0.6 is 0 Å². The molecule has 0 aliphatic carbocycles. The van der Waals surface area contributed by atoms with Crippen LogP contribution in [0.25, 0.3) is 0 Å². The van der Waals surface area contributed by atoms with Gasteiger partial charge in [-0.2, -0.15) is 22.0 Å². The van der Waals surface area contributed by atoms with Gasteiger partial charge in [-0.1, -0.05) is 0 Å². The van der Waals surface area contributed by atoms with Gasteiger partial charge in [0.05, 0.1) is 0 Å². The highest BCUT2D eigenvalue weighted by Crippen LogP contribution is 2.37. The number of piperidine rings is 1. The summed E-state index contributed by atoms with van der Waals surface area (Å²) >= 11 is 0. The van der Waals surface area contributed by atoms with E-state index >= 15 is 0 Å². The Bertz CT molecular complexity index is 455. The molecule has 1 aliphatic rings. The van der Waals surface area contributed by atoms with Crippen molar-refractivity contribution in [2.45, 2.75) is 37.8 Å². The zero-order valence-corrected chi connectivity index (χ0v) is 10.9. The maximum atomic E-state index is 12.7. The topological polar surface area (TPSA) is 30.5 Å². The molecule has 0 spiro atoms. The molecular formula is C13H14F5NO2. The lowest BCUT2D eigenvalue weighted by atomic mass is 10.1. The quantitative estimate of drug-likeness (QED) is 0.860. The molecule has 0 saturated carbocycles. The van der Waals surface area contributed by atoms with Gasteiger partial charge in [-0.3, -0.25) is 5.32 Å². The van der Waals surface area contributed by atoms with Gasteiger partial charge in [0, 0.05) is 0 Å². The van der Waals surface area contributed by atoms with E-state index in [1.54, 1.807) is 0 Å². The number of benzene rings is 1. The first-order valence-electron chi connectivity index (χ1n) is 6.41. The minimum atomic E-state index is -5.76. The van der Waals surface area contributed by atoms with Crippen LogP contribution in [0.2, 0.25) is 0 Å². The van der Waals surface area contributed by atoms with Crippen molar-refractivity contribution in [2.24, 2.45) is 0 Å². The van der Waals surface area contributed by atoms with Gasteiger partial charge in [-0.25, -0.2) is 0 Å². The van der Waals surface area contributed by atoms with Crippen molar-refractivity contribution >= 4 is 0 Å². The van der Waals surface area contributed by atoms with Crippen LogP contribution in [0.1, 0.15) is 19.3 Å². The SMILES string of the molecule is FC(F)(F)C(F)(F)Oc1ccc(OC2CCCCN2)cc1. The maximum Gasteiger partial charge on any atom is 0.499 e. The summed E-state index contributed by atoms with van der Waals surface area (Å²) in [6.07, 6.45) is -8.28. The van der Waals surface area contributed by atoms with Crippen LogP contribution < -0.4 is 14.8 Å². The van der Waals surface area contributed by atoms with Crippen LogP contribution in [0.4, 0.5) is 22.0 Å². The molecule has 8 heteroatoms. The van der Waals surface area contributed by atoms with Crippen LogP contribution in [0, 0.1) is 0 Å². The zero-order valence-electron chi connectivity index (χ0n) is 10.9. The summed E-state index contributed by atoms with van der Waals surface area (Å²) in [5.41, 5.74) is 0. The van der Waals surface area contributed by atoms with Crippen molar-refractivity contribution in [1.29, 1.82) is 0 Å². The monoisotopic (exact) mass is 311 g/mol. The fraction of sp³-hybridized carbons (Fsp3) is 0.538. The number of ether oxygens (including phenoxy) is 2. The Labute approximate surface area is 118 Å². The normalized spacial score (nSPS) is 20.1. The second-order valence-corrected chi connectivity index (χ2v) is 4.64. The molecule has 0 aromatic heterocycles. The Morgan fingerprint density at radius 1 is 0.952 bits per heavy atom. The molecule has 21 heavy (non-hydrogen) atoms. The van der Waals surface area contributed by atoms with Gasteiger partial charge in [0.2, 0.25) is 0 Å². The second-order valence-electron chi connectivity index (χ2n) is 4.64. The van der Waals surface area contributed by atoms with Crippen molar-refractivity contribution in [1.82, 2.24) is 5.32 Å². The fourth-order valence-corrected chi connectivity index (χ4v) is 1.88. The Morgan fingerprint density at radius 2 is 1.57 bits per heavy atom. The Hall–Kier alpha value is -1.57. The molecule has 1 fully saturated rings. The van der Waals surface area contributed by atoms with Crippen molar-refractivity contribution < 1.29 is 31.4 Å². The van der Waals surface area contributed by atoms with E-state index in [9.17, 15) is 22.0 Å².